The Kier molecular flexibility index (Phi) is 7.14. The number of Topliss-reactive ketones (excluding diaryl/α,β-unsaturated/α-hetero) is 3. The Morgan fingerprint density at radius 3 is 2.27 bits per heavy atom. The summed E-state index contributed by atoms with van der Waals surface area (Å²) in [5.41, 5.74) is 0.207. The van der Waals surface area contributed by atoms with E-state index < -0.39 is 33.4 Å². The van der Waals surface area contributed by atoms with Crippen molar-refractivity contribution in [2.45, 2.75) is 125 Å². The molecule has 0 aromatic heterocycles. The average molecular weight is 571 g/mol. The summed E-state index contributed by atoms with van der Waals surface area (Å²) >= 11 is 0. The maximum atomic E-state index is 14.5. The molecule has 1 aliphatic heterocycles. The normalized spacial score (nSPS) is 42.1. The van der Waals surface area contributed by atoms with Gasteiger partial charge in [0.1, 0.15) is 11.6 Å². The molecular weight excluding hydrogens is 520 g/mol. The van der Waals surface area contributed by atoms with Crippen LogP contribution in [0.5, 0.6) is 0 Å². The van der Waals surface area contributed by atoms with E-state index in [0.29, 0.717) is 32.1 Å². The molecule has 7 nitrogen and oxygen atoms in total. The fourth-order valence-electron chi connectivity index (χ4n) is 10.3. The smallest absolute Gasteiger partial charge is 0.308 e. The maximum absolute atomic E-state index is 14.5. The number of ketones is 3. The zero-order valence-corrected chi connectivity index (χ0v) is 26.8. The van der Waals surface area contributed by atoms with Crippen LogP contribution >= 0.6 is 0 Å². The maximum Gasteiger partial charge on any atom is 0.308 e. The fraction of sp³-hybridized carbons (Fsp3) is 0.824. The van der Waals surface area contributed by atoms with E-state index in [1.165, 1.54) is 7.11 Å². The van der Waals surface area contributed by atoms with Crippen molar-refractivity contribution in [2.24, 2.45) is 45.3 Å². The molecule has 1 heterocycles. The van der Waals surface area contributed by atoms with E-state index in [4.69, 9.17) is 14.2 Å². The SMILES string of the molecule is COC(=O)[C@H](C)CC(=O)C[C@@H](C)[C@H]1C[C@@H]2OC(C)(C)O[C@H]3C[C@H]4C(C)(C)C(=O)CC[C@]4(C)C4=C3[C@@]2(C)[C@]1(C)CC4=O. The molecule has 0 N–H and O–H groups in total. The molecule has 0 aromatic rings. The first kappa shape index (κ1) is 30.6. The molecule has 0 bridgehead atoms. The van der Waals surface area contributed by atoms with Gasteiger partial charge in [-0.05, 0) is 61.9 Å². The average Bonchev–Trinajstić information content (AvgIpc) is 3.02. The molecule has 2 saturated carbocycles. The van der Waals surface area contributed by atoms with Gasteiger partial charge >= 0.3 is 5.97 Å². The van der Waals surface area contributed by atoms with Gasteiger partial charge in [-0.15, -0.1) is 0 Å². The van der Waals surface area contributed by atoms with E-state index in [-0.39, 0.29) is 59.7 Å². The summed E-state index contributed by atoms with van der Waals surface area (Å²) in [6, 6.07) is 0. The van der Waals surface area contributed by atoms with E-state index in [1.807, 2.05) is 13.8 Å². The van der Waals surface area contributed by atoms with E-state index in [1.54, 1.807) is 6.92 Å². The third-order valence-corrected chi connectivity index (χ3v) is 12.6. The first-order valence-corrected chi connectivity index (χ1v) is 15.6. The van der Waals surface area contributed by atoms with Crippen molar-refractivity contribution >= 4 is 23.3 Å². The van der Waals surface area contributed by atoms with Crippen LogP contribution in [0.15, 0.2) is 11.1 Å². The van der Waals surface area contributed by atoms with Gasteiger partial charge in [-0.1, -0.05) is 48.5 Å². The third-order valence-electron chi connectivity index (χ3n) is 12.6. The summed E-state index contributed by atoms with van der Waals surface area (Å²) in [4.78, 5) is 52.7. The monoisotopic (exact) mass is 570 g/mol. The van der Waals surface area contributed by atoms with E-state index in [2.05, 4.69) is 41.5 Å². The molecule has 0 spiro atoms. The van der Waals surface area contributed by atoms with Crippen molar-refractivity contribution in [1.29, 1.82) is 0 Å². The second-order valence-electron chi connectivity index (χ2n) is 15.7. The van der Waals surface area contributed by atoms with E-state index in [9.17, 15) is 19.2 Å². The van der Waals surface area contributed by atoms with Gasteiger partial charge in [-0.2, -0.15) is 0 Å². The summed E-state index contributed by atoms with van der Waals surface area (Å²) in [7, 11) is 1.35. The number of fused-ring (bicyclic) bond motifs is 2. The van der Waals surface area contributed by atoms with Crippen molar-refractivity contribution in [3.05, 3.63) is 11.1 Å². The van der Waals surface area contributed by atoms with Crippen molar-refractivity contribution < 1.29 is 33.4 Å². The van der Waals surface area contributed by atoms with Crippen LogP contribution in [0.2, 0.25) is 0 Å². The molecule has 228 valence electrons. The largest absolute Gasteiger partial charge is 0.469 e. The van der Waals surface area contributed by atoms with Gasteiger partial charge in [-0.25, -0.2) is 0 Å². The standard InChI is InChI=1S/C34H50O7/c1-18(13-20(35)14-19(2)29(38)39-10)21-15-26-34(9)28-23(40-31(5,6)41-26)16-24-30(3,4)25(37)11-12-32(24,7)27(28)22(36)17-33(21,34)8/h18-19,21,23-24,26H,11-17H2,1-10H3/t18-,19-,21-,23+,24+,26+,32+,33-,34+/m1/s1. The molecule has 0 unspecified atom stereocenters. The van der Waals surface area contributed by atoms with Crippen LogP contribution in [0.3, 0.4) is 0 Å². The van der Waals surface area contributed by atoms with Gasteiger partial charge < -0.3 is 14.2 Å². The lowest BCUT2D eigenvalue weighted by atomic mass is 9.42. The van der Waals surface area contributed by atoms with Crippen molar-refractivity contribution in [1.82, 2.24) is 0 Å². The summed E-state index contributed by atoms with van der Waals surface area (Å²) in [6.07, 6.45) is 3.03. The van der Waals surface area contributed by atoms with Crippen LogP contribution in [0.1, 0.15) is 107 Å². The number of carbonyl (C=O) groups excluding carboxylic acids is 4. The second-order valence-corrected chi connectivity index (χ2v) is 15.7. The first-order chi connectivity index (χ1) is 18.8. The minimum Gasteiger partial charge on any atom is -0.469 e. The number of hydrogen-bond acceptors (Lipinski definition) is 7. The van der Waals surface area contributed by atoms with Crippen molar-refractivity contribution in [2.75, 3.05) is 7.11 Å². The number of ether oxygens (including phenoxy) is 3. The first-order valence-electron chi connectivity index (χ1n) is 15.6. The van der Waals surface area contributed by atoms with Crippen LogP contribution in [-0.2, 0) is 33.4 Å². The Labute approximate surface area is 245 Å². The Hall–Kier alpha value is -1.86. The summed E-state index contributed by atoms with van der Waals surface area (Å²) in [5.74, 6) is -1.12. The molecule has 41 heavy (non-hydrogen) atoms. The van der Waals surface area contributed by atoms with Crippen LogP contribution in [0.25, 0.3) is 0 Å². The second kappa shape index (κ2) is 9.57. The van der Waals surface area contributed by atoms with Crippen LogP contribution in [0.4, 0.5) is 0 Å². The van der Waals surface area contributed by atoms with Crippen LogP contribution < -0.4 is 0 Å². The predicted octanol–water partition coefficient (Wildman–Crippen LogP) is 6.02. The lowest BCUT2D eigenvalue weighted by molar-refractivity contribution is -0.249. The Morgan fingerprint density at radius 2 is 1.63 bits per heavy atom. The number of methoxy groups -OCH3 is 1. The van der Waals surface area contributed by atoms with E-state index in [0.717, 1.165) is 17.6 Å². The van der Waals surface area contributed by atoms with Gasteiger partial charge in [-0.3, -0.25) is 19.2 Å². The minimum atomic E-state index is -0.863. The zero-order valence-electron chi connectivity index (χ0n) is 26.8. The molecule has 5 aliphatic rings. The van der Waals surface area contributed by atoms with Crippen molar-refractivity contribution in [3.63, 3.8) is 0 Å². The summed E-state index contributed by atoms with van der Waals surface area (Å²) < 4.78 is 18.4. The molecule has 1 saturated heterocycles. The Bertz CT molecular complexity index is 1210. The highest BCUT2D eigenvalue weighted by Crippen LogP contribution is 2.73. The molecule has 0 amide bonds. The third kappa shape index (κ3) is 4.26. The topological polar surface area (TPSA) is 96.0 Å². The quantitative estimate of drug-likeness (QED) is 0.361. The van der Waals surface area contributed by atoms with Crippen molar-refractivity contribution in [3.8, 4) is 0 Å². The molecule has 9 atom stereocenters. The number of hydrogen-bond donors (Lipinski definition) is 0. The molecule has 4 aliphatic carbocycles. The Morgan fingerprint density at radius 1 is 0.976 bits per heavy atom. The van der Waals surface area contributed by atoms with Gasteiger partial charge in [0.25, 0.3) is 0 Å². The number of allylic oxidation sites excluding steroid dienone is 1. The summed E-state index contributed by atoms with van der Waals surface area (Å²) in [5, 5.41) is 0. The lowest BCUT2D eigenvalue weighted by Crippen LogP contribution is -2.60. The van der Waals surface area contributed by atoms with Gasteiger partial charge in [0, 0.05) is 47.5 Å². The molecule has 0 radical (unpaired) electrons. The predicted molar refractivity (Wildman–Crippen MR) is 154 cm³/mol. The minimum absolute atomic E-state index is 0.00908. The molecule has 5 rings (SSSR count). The van der Waals surface area contributed by atoms with Gasteiger partial charge in [0.05, 0.1) is 25.2 Å². The Balaban J connectivity index is 1.59. The molecule has 7 heteroatoms. The number of rotatable bonds is 6. The van der Waals surface area contributed by atoms with Gasteiger partial charge in [0.2, 0.25) is 0 Å². The highest BCUT2D eigenvalue weighted by molar-refractivity contribution is 6.01. The van der Waals surface area contributed by atoms with Crippen LogP contribution in [0, 0.1) is 45.3 Å². The highest BCUT2D eigenvalue weighted by Gasteiger charge is 2.72. The highest BCUT2D eigenvalue weighted by atomic mass is 16.7. The van der Waals surface area contributed by atoms with Gasteiger partial charge in [0.15, 0.2) is 11.6 Å². The summed E-state index contributed by atoms with van der Waals surface area (Å²) in [6.45, 7) is 18.6. The molecule has 3 fully saturated rings. The lowest BCUT2D eigenvalue weighted by Gasteiger charge is -2.61. The molecular formula is C34H50O7. The van der Waals surface area contributed by atoms with E-state index >= 15 is 0 Å². The zero-order chi connectivity index (χ0) is 30.5. The number of esters is 1. The fourth-order valence-corrected chi connectivity index (χ4v) is 10.3. The number of carbonyl (C=O) groups is 4. The van der Waals surface area contributed by atoms with Crippen LogP contribution in [-0.4, -0.2) is 48.4 Å². The molecule has 0 aromatic carbocycles.